The van der Waals surface area contributed by atoms with E-state index in [2.05, 4.69) is 31.2 Å². The molecular formula is C22H30N2O3. The number of piperidine rings is 1. The maximum atomic E-state index is 13.0. The quantitative estimate of drug-likeness (QED) is 0.822. The van der Waals surface area contributed by atoms with Crippen molar-refractivity contribution >= 4 is 11.8 Å². The Kier molecular flexibility index (Phi) is 4.97. The highest BCUT2D eigenvalue weighted by Crippen LogP contribution is 2.33. The van der Waals surface area contributed by atoms with Crippen molar-refractivity contribution in [3.63, 3.8) is 0 Å². The normalized spacial score (nSPS) is 25.3. The fourth-order valence-corrected chi connectivity index (χ4v) is 4.57. The molecule has 1 aromatic carbocycles. The van der Waals surface area contributed by atoms with Gasteiger partial charge in [-0.25, -0.2) is 0 Å². The van der Waals surface area contributed by atoms with Gasteiger partial charge in [0, 0.05) is 38.0 Å². The van der Waals surface area contributed by atoms with Crippen LogP contribution < -0.4 is 0 Å². The molecule has 0 saturated carbocycles. The summed E-state index contributed by atoms with van der Waals surface area (Å²) in [7, 11) is 0. The summed E-state index contributed by atoms with van der Waals surface area (Å²) >= 11 is 0. The number of carbonyl (C=O) groups excluding carboxylic acids is 2. The number of likely N-dealkylation sites (tertiary alicyclic amines) is 2. The van der Waals surface area contributed by atoms with Crippen molar-refractivity contribution in [2.75, 3.05) is 39.4 Å². The van der Waals surface area contributed by atoms with Crippen molar-refractivity contribution in [1.29, 1.82) is 0 Å². The van der Waals surface area contributed by atoms with Crippen LogP contribution in [0.2, 0.25) is 0 Å². The van der Waals surface area contributed by atoms with Crippen LogP contribution in [0.5, 0.6) is 0 Å². The second-order valence-corrected chi connectivity index (χ2v) is 8.80. The molecule has 2 amide bonds. The van der Waals surface area contributed by atoms with Crippen LogP contribution in [0.1, 0.15) is 43.2 Å². The number of carbonyl (C=O) groups is 2. The predicted molar refractivity (Wildman–Crippen MR) is 103 cm³/mol. The van der Waals surface area contributed by atoms with E-state index in [1.807, 2.05) is 16.7 Å². The summed E-state index contributed by atoms with van der Waals surface area (Å²) in [5.74, 6) is 1.00. The molecule has 0 unspecified atom stereocenters. The van der Waals surface area contributed by atoms with Crippen LogP contribution in [0.4, 0.5) is 0 Å². The van der Waals surface area contributed by atoms with Gasteiger partial charge in [0.25, 0.3) is 0 Å². The number of hydrogen-bond acceptors (Lipinski definition) is 3. The molecule has 0 N–H and O–H groups in total. The molecule has 4 rings (SSSR count). The molecule has 3 fully saturated rings. The predicted octanol–water partition coefficient (Wildman–Crippen LogP) is 2.59. The molecule has 3 saturated heterocycles. The van der Waals surface area contributed by atoms with Gasteiger partial charge >= 0.3 is 0 Å². The highest BCUT2D eigenvalue weighted by molar-refractivity contribution is 5.84. The molecule has 146 valence electrons. The highest BCUT2D eigenvalue weighted by Gasteiger charge is 2.44. The highest BCUT2D eigenvalue weighted by atomic mass is 16.5. The number of hydrogen-bond donors (Lipinski definition) is 0. The largest absolute Gasteiger partial charge is 0.379 e. The van der Waals surface area contributed by atoms with Crippen LogP contribution in [0.3, 0.4) is 0 Å². The van der Waals surface area contributed by atoms with Gasteiger partial charge in [0.2, 0.25) is 11.8 Å². The van der Waals surface area contributed by atoms with Crippen LogP contribution in [-0.4, -0.2) is 61.0 Å². The molecule has 0 spiro atoms. The Balaban J connectivity index is 1.29. The number of aryl methyl sites for hydroxylation is 1. The number of amides is 2. The van der Waals surface area contributed by atoms with E-state index in [9.17, 15) is 9.59 Å². The van der Waals surface area contributed by atoms with E-state index in [4.69, 9.17) is 4.74 Å². The number of nitrogens with zero attached hydrogens (tertiary/aromatic N) is 2. The Morgan fingerprint density at radius 3 is 2.22 bits per heavy atom. The summed E-state index contributed by atoms with van der Waals surface area (Å²) in [4.78, 5) is 29.6. The second kappa shape index (κ2) is 7.27. The van der Waals surface area contributed by atoms with Gasteiger partial charge in [-0.15, -0.1) is 0 Å². The summed E-state index contributed by atoms with van der Waals surface area (Å²) in [5, 5.41) is 0. The Labute approximate surface area is 161 Å². The Hall–Kier alpha value is -1.88. The average molecular weight is 370 g/mol. The van der Waals surface area contributed by atoms with Crippen molar-refractivity contribution in [2.24, 2.45) is 11.3 Å². The third-order valence-electron chi connectivity index (χ3n) is 6.54. The minimum Gasteiger partial charge on any atom is -0.379 e. The zero-order chi connectivity index (χ0) is 19.0. The SMILES string of the molecule is Cc1ccc([C@H]2CCN(C(=O)C3CCN(C(=O)C4(C)COC4)CC3)C2)cc1. The number of ether oxygens (including phenoxy) is 1. The van der Waals surface area contributed by atoms with E-state index in [0.29, 0.717) is 32.2 Å². The topological polar surface area (TPSA) is 49.9 Å². The van der Waals surface area contributed by atoms with E-state index >= 15 is 0 Å². The first-order valence-electron chi connectivity index (χ1n) is 10.2. The monoisotopic (exact) mass is 370 g/mol. The van der Waals surface area contributed by atoms with E-state index < -0.39 is 0 Å². The lowest BCUT2D eigenvalue weighted by Crippen LogP contribution is -2.55. The summed E-state index contributed by atoms with van der Waals surface area (Å²) in [5.41, 5.74) is 2.27. The number of benzene rings is 1. The van der Waals surface area contributed by atoms with Crippen molar-refractivity contribution < 1.29 is 14.3 Å². The van der Waals surface area contributed by atoms with Crippen molar-refractivity contribution in [2.45, 2.75) is 39.0 Å². The third kappa shape index (κ3) is 3.62. The maximum absolute atomic E-state index is 13.0. The lowest BCUT2D eigenvalue weighted by molar-refractivity contribution is -0.170. The van der Waals surface area contributed by atoms with Crippen molar-refractivity contribution in [1.82, 2.24) is 9.80 Å². The molecule has 0 radical (unpaired) electrons. The van der Waals surface area contributed by atoms with E-state index in [1.54, 1.807) is 0 Å². The molecule has 0 bridgehead atoms. The Bertz CT molecular complexity index is 703. The Morgan fingerprint density at radius 1 is 1.00 bits per heavy atom. The zero-order valence-corrected chi connectivity index (χ0v) is 16.4. The standard InChI is InChI=1S/C22H30N2O3/c1-16-3-5-17(6-4-16)19-9-12-24(13-19)20(25)18-7-10-23(11-8-18)21(26)22(2)14-27-15-22/h3-6,18-19H,7-15H2,1-2H3/t19-/m0/s1. The fraction of sp³-hybridized carbons (Fsp3) is 0.636. The van der Waals surface area contributed by atoms with Crippen LogP contribution in [-0.2, 0) is 14.3 Å². The molecule has 27 heavy (non-hydrogen) atoms. The first kappa shape index (κ1) is 18.5. The molecule has 0 aliphatic carbocycles. The minimum absolute atomic E-state index is 0.0660. The van der Waals surface area contributed by atoms with E-state index in [1.165, 1.54) is 11.1 Å². The van der Waals surface area contributed by atoms with E-state index in [-0.39, 0.29) is 23.1 Å². The smallest absolute Gasteiger partial charge is 0.233 e. The molecular weight excluding hydrogens is 340 g/mol. The first-order chi connectivity index (χ1) is 13.0. The van der Waals surface area contributed by atoms with Crippen LogP contribution in [0, 0.1) is 18.3 Å². The molecule has 3 aliphatic heterocycles. The molecule has 1 atom stereocenters. The molecule has 3 heterocycles. The molecule has 5 heteroatoms. The van der Waals surface area contributed by atoms with Crippen LogP contribution in [0.15, 0.2) is 24.3 Å². The van der Waals surface area contributed by atoms with Gasteiger partial charge in [0.1, 0.15) is 0 Å². The van der Waals surface area contributed by atoms with Gasteiger partial charge in [0.15, 0.2) is 0 Å². The average Bonchev–Trinajstić information content (AvgIpc) is 3.16. The van der Waals surface area contributed by atoms with Gasteiger partial charge < -0.3 is 14.5 Å². The van der Waals surface area contributed by atoms with Gasteiger partial charge in [-0.1, -0.05) is 29.8 Å². The van der Waals surface area contributed by atoms with E-state index in [0.717, 1.165) is 32.4 Å². The summed E-state index contributed by atoms with van der Waals surface area (Å²) < 4.78 is 5.22. The van der Waals surface area contributed by atoms with Crippen molar-refractivity contribution in [3.8, 4) is 0 Å². The van der Waals surface area contributed by atoms with Gasteiger partial charge in [-0.3, -0.25) is 9.59 Å². The Morgan fingerprint density at radius 2 is 1.63 bits per heavy atom. The maximum Gasteiger partial charge on any atom is 0.233 e. The molecule has 0 aromatic heterocycles. The summed E-state index contributed by atoms with van der Waals surface area (Å²) in [6, 6.07) is 8.70. The van der Waals surface area contributed by atoms with Gasteiger partial charge in [-0.2, -0.15) is 0 Å². The fourth-order valence-electron chi connectivity index (χ4n) is 4.57. The van der Waals surface area contributed by atoms with Crippen LogP contribution >= 0.6 is 0 Å². The molecule has 5 nitrogen and oxygen atoms in total. The third-order valence-corrected chi connectivity index (χ3v) is 6.54. The lowest BCUT2D eigenvalue weighted by Gasteiger charge is -2.42. The molecule has 3 aliphatic rings. The minimum atomic E-state index is -0.340. The first-order valence-corrected chi connectivity index (χ1v) is 10.2. The summed E-state index contributed by atoms with van der Waals surface area (Å²) in [6.45, 7) is 8.20. The zero-order valence-electron chi connectivity index (χ0n) is 16.4. The second-order valence-electron chi connectivity index (χ2n) is 8.80. The summed E-state index contributed by atoms with van der Waals surface area (Å²) in [6.07, 6.45) is 2.62. The van der Waals surface area contributed by atoms with Gasteiger partial charge in [-0.05, 0) is 38.7 Å². The van der Waals surface area contributed by atoms with Crippen molar-refractivity contribution in [3.05, 3.63) is 35.4 Å². The van der Waals surface area contributed by atoms with Gasteiger partial charge in [0.05, 0.1) is 18.6 Å². The molecule has 1 aromatic rings. The van der Waals surface area contributed by atoms with Crippen LogP contribution in [0.25, 0.3) is 0 Å². The lowest BCUT2D eigenvalue weighted by atomic mass is 9.85. The number of rotatable bonds is 3.